The van der Waals surface area contributed by atoms with Crippen LogP contribution in [-0.4, -0.2) is 40.7 Å². The third-order valence-corrected chi connectivity index (χ3v) is 5.04. The van der Waals surface area contributed by atoms with Gasteiger partial charge >= 0.3 is 0 Å². The largest absolute Gasteiger partial charge is 0.486 e. The molecule has 0 unspecified atom stereocenters. The number of ketones is 1. The maximum atomic E-state index is 11.6. The van der Waals surface area contributed by atoms with Crippen molar-refractivity contribution < 1.29 is 17.9 Å². The average molecular weight is 386 g/mol. The number of tetrazole rings is 1. The average Bonchev–Trinajstić information content (AvgIpc) is 3.14. The number of aromatic nitrogens is 4. The number of carbonyl (C=O) groups excluding carboxylic acids is 1. The van der Waals surface area contributed by atoms with Crippen molar-refractivity contribution in [2.45, 2.75) is 24.8 Å². The van der Waals surface area contributed by atoms with Crippen LogP contribution in [0.2, 0.25) is 0 Å². The number of benzene rings is 2. The van der Waals surface area contributed by atoms with Gasteiger partial charge in [-0.1, -0.05) is 6.92 Å². The topological polar surface area (TPSA) is 104 Å². The van der Waals surface area contributed by atoms with Crippen molar-refractivity contribution in [3.8, 4) is 11.4 Å². The molecule has 0 aliphatic rings. The van der Waals surface area contributed by atoms with Crippen molar-refractivity contribution in [1.82, 2.24) is 20.2 Å². The molecule has 0 atom stereocenters. The Morgan fingerprint density at radius 3 is 2.33 bits per heavy atom. The fourth-order valence-electron chi connectivity index (χ4n) is 2.42. The zero-order chi connectivity index (χ0) is 19.4. The molecule has 0 spiro atoms. The number of Topliss-reactive ketones (excluding diaryl/α,β-unsaturated/α-hetero) is 1. The molecule has 9 heteroatoms. The van der Waals surface area contributed by atoms with Gasteiger partial charge in [0.15, 0.2) is 21.4 Å². The van der Waals surface area contributed by atoms with E-state index < -0.39 is 9.84 Å². The zero-order valence-electron chi connectivity index (χ0n) is 14.9. The molecule has 2 aromatic carbocycles. The van der Waals surface area contributed by atoms with E-state index in [1.54, 1.807) is 36.4 Å². The van der Waals surface area contributed by atoms with Crippen LogP contribution < -0.4 is 4.74 Å². The van der Waals surface area contributed by atoms with Crippen molar-refractivity contribution in [3.63, 3.8) is 0 Å². The standard InChI is InChI=1S/C18H18N4O4S/c1-3-17(23)13-4-8-15(9-5-13)26-12-18-19-20-21-22(18)14-6-10-16(11-7-14)27(2,24)25/h4-11H,3,12H2,1-2H3. The molecule has 0 aliphatic heterocycles. The number of hydrogen-bond acceptors (Lipinski definition) is 7. The first-order valence-electron chi connectivity index (χ1n) is 8.22. The van der Waals surface area contributed by atoms with E-state index in [4.69, 9.17) is 4.74 Å². The Labute approximate surface area is 156 Å². The van der Waals surface area contributed by atoms with Gasteiger partial charge in [0.25, 0.3) is 0 Å². The molecule has 3 rings (SSSR count). The molecule has 0 radical (unpaired) electrons. The van der Waals surface area contributed by atoms with Crippen LogP contribution in [0.5, 0.6) is 5.75 Å². The summed E-state index contributed by atoms with van der Waals surface area (Å²) < 4.78 is 30.3. The second kappa shape index (κ2) is 7.67. The smallest absolute Gasteiger partial charge is 0.194 e. The summed E-state index contributed by atoms with van der Waals surface area (Å²) in [6, 6.07) is 13.1. The van der Waals surface area contributed by atoms with Crippen molar-refractivity contribution in [2.75, 3.05) is 6.26 Å². The van der Waals surface area contributed by atoms with Crippen molar-refractivity contribution >= 4 is 15.6 Å². The summed E-state index contributed by atoms with van der Waals surface area (Å²) in [5.41, 5.74) is 1.26. The van der Waals surface area contributed by atoms with E-state index in [0.717, 1.165) is 6.26 Å². The lowest BCUT2D eigenvalue weighted by molar-refractivity contribution is 0.0988. The molecule has 1 heterocycles. The second-order valence-corrected chi connectivity index (χ2v) is 7.88. The number of ether oxygens (including phenoxy) is 1. The summed E-state index contributed by atoms with van der Waals surface area (Å²) in [4.78, 5) is 11.9. The third-order valence-electron chi connectivity index (χ3n) is 3.91. The van der Waals surface area contributed by atoms with E-state index in [0.29, 0.717) is 29.2 Å². The minimum atomic E-state index is -3.27. The maximum absolute atomic E-state index is 11.6. The fraction of sp³-hybridized carbons (Fsp3) is 0.222. The van der Waals surface area contributed by atoms with E-state index in [1.807, 2.05) is 6.92 Å². The highest BCUT2D eigenvalue weighted by atomic mass is 32.2. The van der Waals surface area contributed by atoms with Gasteiger partial charge in [-0.3, -0.25) is 4.79 Å². The van der Waals surface area contributed by atoms with Gasteiger partial charge in [0, 0.05) is 18.2 Å². The van der Waals surface area contributed by atoms with Crippen LogP contribution in [0, 0.1) is 0 Å². The first-order chi connectivity index (χ1) is 12.9. The number of nitrogens with zero attached hydrogens (tertiary/aromatic N) is 4. The van der Waals surface area contributed by atoms with E-state index in [2.05, 4.69) is 15.5 Å². The highest BCUT2D eigenvalue weighted by Gasteiger charge is 2.12. The van der Waals surface area contributed by atoms with E-state index in [-0.39, 0.29) is 17.3 Å². The monoisotopic (exact) mass is 386 g/mol. The van der Waals surface area contributed by atoms with Crippen LogP contribution in [-0.2, 0) is 16.4 Å². The van der Waals surface area contributed by atoms with Crippen LogP contribution >= 0.6 is 0 Å². The number of carbonyl (C=O) groups is 1. The molecule has 8 nitrogen and oxygen atoms in total. The van der Waals surface area contributed by atoms with Crippen molar-refractivity contribution in [2.24, 2.45) is 0 Å². The van der Waals surface area contributed by atoms with Gasteiger partial charge in [-0.05, 0) is 59.0 Å². The summed E-state index contributed by atoms with van der Waals surface area (Å²) in [7, 11) is -3.27. The lowest BCUT2D eigenvalue weighted by Crippen LogP contribution is -2.07. The van der Waals surface area contributed by atoms with E-state index >= 15 is 0 Å². The third kappa shape index (κ3) is 4.37. The summed E-state index contributed by atoms with van der Waals surface area (Å²) in [6.07, 6.45) is 1.60. The molecule has 27 heavy (non-hydrogen) atoms. The zero-order valence-corrected chi connectivity index (χ0v) is 15.7. The Hall–Kier alpha value is -3.07. The summed E-state index contributed by atoms with van der Waals surface area (Å²) >= 11 is 0. The molecule has 0 bridgehead atoms. The first kappa shape index (κ1) is 18.7. The Kier molecular flexibility index (Phi) is 5.31. The summed E-state index contributed by atoms with van der Waals surface area (Å²) in [5, 5.41) is 11.5. The van der Waals surface area contributed by atoms with Gasteiger partial charge in [-0.15, -0.1) is 5.10 Å². The van der Waals surface area contributed by atoms with Gasteiger partial charge in [0.1, 0.15) is 12.4 Å². The molecule has 0 saturated heterocycles. The van der Waals surface area contributed by atoms with Gasteiger partial charge in [-0.25, -0.2) is 8.42 Å². The SMILES string of the molecule is CCC(=O)c1ccc(OCc2nnnn2-c2ccc(S(C)(=O)=O)cc2)cc1. The van der Waals surface area contributed by atoms with Crippen molar-refractivity contribution in [1.29, 1.82) is 0 Å². The lowest BCUT2D eigenvalue weighted by atomic mass is 10.1. The summed E-state index contributed by atoms with van der Waals surface area (Å²) in [6.45, 7) is 1.93. The maximum Gasteiger partial charge on any atom is 0.194 e. The predicted octanol–water partition coefficient (Wildman–Crippen LogP) is 2.24. The molecule has 0 saturated carbocycles. The van der Waals surface area contributed by atoms with E-state index in [9.17, 15) is 13.2 Å². The van der Waals surface area contributed by atoms with Gasteiger partial charge in [0.2, 0.25) is 0 Å². The van der Waals surface area contributed by atoms with Crippen LogP contribution in [0.1, 0.15) is 29.5 Å². The quantitative estimate of drug-likeness (QED) is 0.574. The molecule has 0 fully saturated rings. The molecular formula is C18H18N4O4S. The van der Waals surface area contributed by atoms with Crippen molar-refractivity contribution in [3.05, 3.63) is 59.9 Å². The minimum absolute atomic E-state index is 0.0723. The molecule has 0 N–H and O–H groups in total. The molecule has 0 aliphatic carbocycles. The van der Waals surface area contributed by atoms with Crippen LogP contribution in [0.3, 0.4) is 0 Å². The van der Waals surface area contributed by atoms with Gasteiger partial charge < -0.3 is 4.74 Å². The summed E-state index contributed by atoms with van der Waals surface area (Å²) in [5.74, 6) is 1.11. The molecular weight excluding hydrogens is 368 g/mol. The first-order valence-corrected chi connectivity index (χ1v) is 10.1. The molecule has 0 amide bonds. The van der Waals surface area contributed by atoms with E-state index in [1.165, 1.54) is 16.8 Å². The Bertz CT molecular complexity index is 1040. The molecule has 3 aromatic rings. The second-order valence-electron chi connectivity index (χ2n) is 5.86. The van der Waals surface area contributed by atoms with Crippen LogP contribution in [0.15, 0.2) is 53.4 Å². The van der Waals surface area contributed by atoms with Gasteiger partial charge in [0.05, 0.1) is 10.6 Å². The normalized spacial score (nSPS) is 11.3. The highest BCUT2D eigenvalue weighted by molar-refractivity contribution is 7.90. The number of sulfone groups is 1. The number of hydrogen-bond donors (Lipinski definition) is 0. The van der Waals surface area contributed by atoms with Crippen LogP contribution in [0.4, 0.5) is 0 Å². The Balaban J connectivity index is 1.73. The Morgan fingerprint density at radius 1 is 1.07 bits per heavy atom. The lowest BCUT2D eigenvalue weighted by Gasteiger charge is -2.08. The molecule has 1 aromatic heterocycles. The van der Waals surface area contributed by atoms with Crippen LogP contribution in [0.25, 0.3) is 5.69 Å². The number of rotatable bonds is 7. The highest BCUT2D eigenvalue weighted by Crippen LogP contribution is 2.17. The Morgan fingerprint density at radius 2 is 1.74 bits per heavy atom. The predicted molar refractivity (Wildman–Crippen MR) is 97.7 cm³/mol. The fourth-order valence-corrected chi connectivity index (χ4v) is 3.05. The van der Waals surface area contributed by atoms with Gasteiger partial charge in [-0.2, -0.15) is 4.68 Å². The molecule has 140 valence electrons. The minimum Gasteiger partial charge on any atom is -0.486 e.